The van der Waals surface area contributed by atoms with Crippen LogP contribution in [-0.2, 0) is 23.7 Å². The van der Waals surface area contributed by atoms with Crippen LogP contribution in [0.2, 0.25) is 0 Å². The van der Waals surface area contributed by atoms with E-state index in [2.05, 4.69) is 5.32 Å². The Bertz CT molecular complexity index is 201. The maximum atomic E-state index is 11.1. The molecule has 0 rings (SSSR count). The molecule has 0 aliphatic heterocycles. The summed E-state index contributed by atoms with van der Waals surface area (Å²) in [6, 6.07) is 0. The van der Waals surface area contributed by atoms with Crippen molar-refractivity contribution in [1.82, 2.24) is 5.32 Å². The second-order valence-electron chi connectivity index (χ2n) is 3.74. The molecule has 0 aliphatic carbocycles. The van der Waals surface area contributed by atoms with Crippen molar-refractivity contribution in [3.8, 4) is 0 Å². The third-order valence-corrected chi connectivity index (χ3v) is 2.17. The van der Waals surface area contributed by atoms with Gasteiger partial charge in [0.2, 0.25) is 5.91 Å². The molecule has 0 unspecified atom stereocenters. The summed E-state index contributed by atoms with van der Waals surface area (Å²) in [5.74, 6) is 0.0196. The Morgan fingerprint density at radius 2 is 1.26 bits per heavy atom. The van der Waals surface area contributed by atoms with Gasteiger partial charge in [-0.05, 0) is 13.8 Å². The van der Waals surface area contributed by atoms with E-state index in [1.807, 2.05) is 13.8 Å². The van der Waals surface area contributed by atoms with Crippen molar-refractivity contribution < 1.29 is 23.7 Å². The molecule has 0 saturated heterocycles. The fourth-order valence-electron chi connectivity index (χ4n) is 1.25. The maximum Gasteiger partial charge on any atom is 0.222 e. The van der Waals surface area contributed by atoms with Crippen LogP contribution in [-0.4, -0.2) is 65.3 Å². The Morgan fingerprint density at radius 3 is 1.74 bits per heavy atom. The van der Waals surface area contributed by atoms with Gasteiger partial charge >= 0.3 is 0 Å². The standard InChI is InChI=1S/C13H27NO5/c1-3-14-13(15)5-6-17-9-10-19-12-11-18-8-7-16-4-2/h3-12H2,1-2H3,(H,14,15). The van der Waals surface area contributed by atoms with Crippen LogP contribution in [0.1, 0.15) is 20.3 Å². The van der Waals surface area contributed by atoms with Gasteiger partial charge in [0.1, 0.15) is 0 Å². The van der Waals surface area contributed by atoms with Crippen molar-refractivity contribution in [3.63, 3.8) is 0 Å². The molecule has 0 atom stereocenters. The zero-order valence-electron chi connectivity index (χ0n) is 12.1. The number of ether oxygens (including phenoxy) is 4. The molecule has 6 nitrogen and oxygen atoms in total. The number of carbonyl (C=O) groups is 1. The largest absolute Gasteiger partial charge is 0.379 e. The molecule has 1 amide bonds. The minimum atomic E-state index is 0.0196. The fraction of sp³-hybridized carbons (Fsp3) is 0.923. The van der Waals surface area contributed by atoms with Gasteiger partial charge in [0, 0.05) is 19.6 Å². The van der Waals surface area contributed by atoms with Crippen LogP contribution in [0.4, 0.5) is 0 Å². The van der Waals surface area contributed by atoms with E-state index in [9.17, 15) is 4.79 Å². The second-order valence-corrected chi connectivity index (χ2v) is 3.74. The Hall–Kier alpha value is -0.690. The highest BCUT2D eigenvalue weighted by atomic mass is 16.6. The van der Waals surface area contributed by atoms with Crippen LogP contribution in [0.15, 0.2) is 0 Å². The average molecular weight is 277 g/mol. The number of nitrogens with one attached hydrogen (secondary N) is 1. The topological polar surface area (TPSA) is 66.0 Å². The van der Waals surface area contributed by atoms with Crippen molar-refractivity contribution >= 4 is 5.91 Å². The molecule has 19 heavy (non-hydrogen) atoms. The first-order chi connectivity index (χ1) is 9.31. The summed E-state index contributed by atoms with van der Waals surface area (Å²) in [4.78, 5) is 11.1. The van der Waals surface area contributed by atoms with Crippen molar-refractivity contribution in [1.29, 1.82) is 0 Å². The van der Waals surface area contributed by atoms with Gasteiger partial charge in [-0.3, -0.25) is 4.79 Å². The van der Waals surface area contributed by atoms with E-state index in [-0.39, 0.29) is 5.91 Å². The number of carbonyl (C=O) groups excluding carboxylic acids is 1. The lowest BCUT2D eigenvalue weighted by Crippen LogP contribution is -2.24. The monoisotopic (exact) mass is 277 g/mol. The lowest BCUT2D eigenvalue weighted by atomic mass is 10.4. The molecule has 1 N–H and O–H groups in total. The Kier molecular flexibility index (Phi) is 14.8. The van der Waals surface area contributed by atoms with Crippen LogP contribution in [0, 0.1) is 0 Å². The van der Waals surface area contributed by atoms with E-state index in [4.69, 9.17) is 18.9 Å². The van der Waals surface area contributed by atoms with Gasteiger partial charge in [-0.15, -0.1) is 0 Å². The van der Waals surface area contributed by atoms with E-state index in [1.54, 1.807) is 0 Å². The van der Waals surface area contributed by atoms with E-state index < -0.39 is 0 Å². The molecule has 114 valence electrons. The van der Waals surface area contributed by atoms with E-state index in [0.717, 1.165) is 0 Å². The SMILES string of the molecule is CCNC(=O)CCOCCOCCOCCOCC. The molecule has 0 radical (unpaired) electrons. The van der Waals surface area contributed by atoms with Crippen LogP contribution >= 0.6 is 0 Å². The molecular weight excluding hydrogens is 250 g/mol. The summed E-state index contributed by atoms with van der Waals surface area (Å²) in [6.07, 6.45) is 0.397. The number of hydrogen-bond donors (Lipinski definition) is 1. The van der Waals surface area contributed by atoms with Gasteiger partial charge < -0.3 is 24.3 Å². The summed E-state index contributed by atoms with van der Waals surface area (Å²) >= 11 is 0. The predicted octanol–water partition coefficient (Wildman–Crippen LogP) is 0.599. The van der Waals surface area contributed by atoms with Gasteiger partial charge in [0.15, 0.2) is 0 Å². The van der Waals surface area contributed by atoms with Crippen LogP contribution in [0.3, 0.4) is 0 Å². The van der Waals surface area contributed by atoms with Gasteiger partial charge in [-0.2, -0.15) is 0 Å². The summed E-state index contributed by atoms with van der Waals surface area (Å²) in [5, 5.41) is 2.71. The first kappa shape index (κ1) is 18.3. The smallest absolute Gasteiger partial charge is 0.222 e. The fourth-order valence-corrected chi connectivity index (χ4v) is 1.25. The average Bonchev–Trinajstić information content (AvgIpc) is 2.40. The van der Waals surface area contributed by atoms with Crippen molar-refractivity contribution in [2.45, 2.75) is 20.3 Å². The zero-order chi connectivity index (χ0) is 14.2. The molecule has 0 fully saturated rings. The van der Waals surface area contributed by atoms with E-state index in [1.165, 1.54) is 0 Å². The highest BCUT2D eigenvalue weighted by Gasteiger charge is 1.98. The molecule has 0 aromatic heterocycles. The first-order valence-electron chi connectivity index (χ1n) is 6.88. The van der Waals surface area contributed by atoms with Crippen molar-refractivity contribution in [2.75, 3.05) is 59.4 Å². The minimum absolute atomic E-state index is 0.0196. The summed E-state index contributed by atoms with van der Waals surface area (Å²) in [7, 11) is 0. The second kappa shape index (κ2) is 15.4. The molecule has 0 heterocycles. The molecule has 0 spiro atoms. The van der Waals surface area contributed by atoms with Crippen molar-refractivity contribution in [2.24, 2.45) is 0 Å². The van der Waals surface area contributed by atoms with Crippen LogP contribution in [0.5, 0.6) is 0 Å². The van der Waals surface area contributed by atoms with Crippen molar-refractivity contribution in [3.05, 3.63) is 0 Å². The third-order valence-electron chi connectivity index (χ3n) is 2.17. The van der Waals surface area contributed by atoms with Crippen LogP contribution in [0.25, 0.3) is 0 Å². The summed E-state index contributed by atoms with van der Waals surface area (Å²) in [5.41, 5.74) is 0. The highest BCUT2D eigenvalue weighted by molar-refractivity contribution is 5.75. The molecule has 0 aromatic carbocycles. The summed E-state index contributed by atoms with van der Waals surface area (Å²) in [6.45, 7) is 9.00. The maximum absolute atomic E-state index is 11.1. The quantitative estimate of drug-likeness (QED) is 0.471. The lowest BCUT2D eigenvalue weighted by molar-refractivity contribution is -0.122. The Morgan fingerprint density at radius 1 is 0.789 bits per heavy atom. The molecule has 6 heteroatoms. The number of rotatable bonds is 14. The van der Waals surface area contributed by atoms with Gasteiger partial charge in [-0.25, -0.2) is 0 Å². The summed E-state index contributed by atoms with van der Waals surface area (Å²) < 4.78 is 21.0. The Labute approximate surface area is 115 Å². The van der Waals surface area contributed by atoms with E-state index >= 15 is 0 Å². The molecule has 0 aliphatic rings. The first-order valence-corrected chi connectivity index (χ1v) is 6.88. The molecular formula is C13H27NO5. The van der Waals surface area contributed by atoms with Crippen LogP contribution < -0.4 is 5.32 Å². The molecule has 0 bridgehead atoms. The minimum Gasteiger partial charge on any atom is -0.379 e. The number of amides is 1. The van der Waals surface area contributed by atoms with Gasteiger partial charge in [0.05, 0.1) is 46.2 Å². The normalized spacial score (nSPS) is 10.6. The third kappa shape index (κ3) is 15.3. The molecule has 0 aromatic rings. The van der Waals surface area contributed by atoms with Gasteiger partial charge in [0.25, 0.3) is 0 Å². The number of hydrogen-bond acceptors (Lipinski definition) is 5. The molecule has 0 saturated carbocycles. The zero-order valence-corrected chi connectivity index (χ0v) is 12.1. The Balaban J connectivity index is 3.01. The lowest BCUT2D eigenvalue weighted by Gasteiger charge is -2.07. The van der Waals surface area contributed by atoms with Gasteiger partial charge in [-0.1, -0.05) is 0 Å². The van der Waals surface area contributed by atoms with E-state index in [0.29, 0.717) is 65.8 Å². The highest BCUT2D eigenvalue weighted by Crippen LogP contribution is 1.85. The predicted molar refractivity (Wildman–Crippen MR) is 72.3 cm³/mol.